The molecule has 1 saturated carbocycles. The van der Waals surface area contributed by atoms with E-state index in [9.17, 15) is 19.5 Å². The summed E-state index contributed by atoms with van der Waals surface area (Å²) in [5.74, 6) is -1.31. The number of ether oxygens (including phenoxy) is 1. The Kier molecular flexibility index (Phi) is 6.64. The number of rotatable bonds is 8. The molecular formula is C27H32N2O5. The number of amides is 2. The number of hydrogen-bond donors (Lipinski definition) is 3. The van der Waals surface area contributed by atoms with Gasteiger partial charge in [0.2, 0.25) is 5.91 Å². The minimum atomic E-state index is -1.16. The maximum absolute atomic E-state index is 12.6. The van der Waals surface area contributed by atoms with E-state index in [4.69, 9.17) is 4.74 Å². The van der Waals surface area contributed by atoms with Crippen molar-refractivity contribution in [2.45, 2.75) is 57.4 Å². The van der Waals surface area contributed by atoms with Gasteiger partial charge in [-0.25, -0.2) is 9.59 Å². The van der Waals surface area contributed by atoms with Crippen LogP contribution in [0.15, 0.2) is 48.5 Å². The largest absolute Gasteiger partial charge is 0.480 e. The maximum Gasteiger partial charge on any atom is 0.407 e. The lowest BCUT2D eigenvalue weighted by Gasteiger charge is -2.29. The van der Waals surface area contributed by atoms with Gasteiger partial charge in [0, 0.05) is 18.9 Å². The highest BCUT2D eigenvalue weighted by Crippen LogP contribution is 2.44. The fourth-order valence-corrected chi connectivity index (χ4v) is 5.14. The van der Waals surface area contributed by atoms with Gasteiger partial charge in [0.1, 0.15) is 12.1 Å². The molecule has 1 fully saturated rings. The summed E-state index contributed by atoms with van der Waals surface area (Å²) in [6, 6.07) is 16.3. The summed E-state index contributed by atoms with van der Waals surface area (Å²) in [6.45, 7) is 4.18. The number of aliphatic carboxylic acids is 1. The van der Waals surface area contributed by atoms with Crippen molar-refractivity contribution >= 4 is 18.0 Å². The molecule has 2 aromatic rings. The molecule has 7 heteroatoms. The first kappa shape index (κ1) is 23.8. The third kappa shape index (κ3) is 4.93. The Balaban J connectivity index is 1.29. The quantitative estimate of drug-likeness (QED) is 0.535. The number of carboxylic acids is 1. The summed E-state index contributed by atoms with van der Waals surface area (Å²) < 4.78 is 5.57. The summed E-state index contributed by atoms with van der Waals surface area (Å²) in [7, 11) is 0. The van der Waals surface area contributed by atoms with Crippen molar-refractivity contribution in [1.29, 1.82) is 0 Å². The SMILES string of the molecule is CC(C)(CNC(=O)OCC1c2ccccc2-c2ccccc21)CC(=O)NC1(C(=O)O)CCCC1. The second-order valence-electron chi connectivity index (χ2n) is 10.2. The van der Waals surface area contributed by atoms with E-state index < -0.39 is 23.0 Å². The van der Waals surface area contributed by atoms with Crippen LogP contribution in [0, 0.1) is 5.41 Å². The normalized spacial score (nSPS) is 16.4. The average molecular weight is 465 g/mol. The molecule has 34 heavy (non-hydrogen) atoms. The lowest BCUT2D eigenvalue weighted by molar-refractivity contribution is -0.147. The minimum Gasteiger partial charge on any atom is -0.480 e. The van der Waals surface area contributed by atoms with Crippen LogP contribution in [0.1, 0.15) is 63.0 Å². The molecule has 0 heterocycles. The topological polar surface area (TPSA) is 105 Å². The molecule has 0 aliphatic heterocycles. The number of carboxylic acid groups (broad SMARTS) is 1. The Bertz CT molecular complexity index is 1040. The first-order chi connectivity index (χ1) is 16.2. The van der Waals surface area contributed by atoms with Crippen LogP contribution in [-0.2, 0) is 14.3 Å². The van der Waals surface area contributed by atoms with Gasteiger partial charge in [-0.3, -0.25) is 4.79 Å². The van der Waals surface area contributed by atoms with Crippen LogP contribution in [0.25, 0.3) is 11.1 Å². The van der Waals surface area contributed by atoms with E-state index in [1.54, 1.807) is 0 Å². The molecule has 2 aliphatic carbocycles. The zero-order chi connectivity index (χ0) is 24.3. The van der Waals surface area contributed by atoms with Crippen molar-refractivity contribution < 1.29 is 24.2 Å². The molecular weight excluding hydrogens is 432 g/mol. The molecule has 2 aliphatic rings. The lowest BCUT2D eigenvalue weighted by atomic mass is 9.88. The molecule has 7 nitrogen and oxygen atoms in total. The van der Waals surface area contributed by atoms with Crippen LogP contribution in [0.3, 0.4) is 0 Å². The van der Waals surface area contributed by atoms with Gasteiger partial charge in [-0.2, -0.15) is 0 Å². The van der Waals surface area contributed by atoms with E-state index in [0.29, 0.717) is 12.8 Å². The second kappa shape index (κ2) is 9.49. The fourth-order valence-electron chi connectivity index (χ4n) is 5.14. The molecule has 0 aromatic heterocycles. The molecule has 3 N–H and O–H groups in total. The summed E-state index contributed by atoms with van der Waals surface area (Å²) in [5.41, 5.74) is 2.91. The zero-order valence-corrected chi connectivity index (χ0v) is 19.7. The molecule has 0 spiro atoms. The molecule has 0 bridgehead atoms. The van der Waals surface area contributed by atoms with E-state index in [1.807, 2.05) is 38.1 Å². The number of hydrogen-bond acceptors (Lipinski definition) is 4. The van der Waals surface area contributed by atoms with Gasteiger partial charge in [-0.1, -0.05) is 75.2 Å². The van der Waals surface area contributed by atoms with Crippen molar-refractivity contribution in [2.24, 2.45) is 5.41 Å². The van der Waals surface area contributed by atoms with Gasteiger partial charge in [0.05, 0.1) is 0 Å². The molecule has 0 atom stereocenters. The summed E-state index contributed by atoms with van der Waals surface area (Å²) in [4.78, 5) is 36.7. The Hall–Kier alpha value is -3.35. The third-order valence-corrected chi connectivity index (χ3v) is 6.94. The van der Waals surface area contributed by atoms with Crippen LogP contribution < -0.4 is 10.6 Å². The van der Waals surface area contributed by atoms with Crippen LogP contribution >= 0.6 is 0 Å². The van der Waals surface area contributed by atoms with Gasteiger partial charge in [0.15, 0.2) is 0 Å². The molecule has 0 saturated heterocycles. The summed E-state index contributed by atoms with van der Waals surface area (Å²) in [6.07, 6.45) is 2.05. The molecule has 4 rings (SSSR count). The molecule has 2 aromatic carbocycles. The Morgan fingerprint density at radius 1 is 1.00 bits per heavy atom. The van der Waals surface area contributed by atoms with Crippen molar-refractivity contribution in [3.8, 4) is 11.1 Å². The monoisotopic (exact) mass is 464 g/mol. The maximum atomic E-state index is 12.6. The van der Waals surface area contributed by atoms with Crippen LogP contribution in [0.5, 0.6) is 0 Å². The number of nitrogens with one attached hydrogen (secondary N) is 2. The third-order valence-electron chi connectivity index (χ3n) is 6.94. The van der Waals surface area contributed by atoms with Crippen LogP contribution in [-0.4, -0.2) is 41.8 Å². The van der Waals surface area contributed by atoms with E-state index in [1.165, 1.54) is 11.1 Å². The fraction of sp³-hybridized carbons (Fsp3) is 0.444. The number of fused-ring (bicyclic) bond motifs is 3. The standard InChI is InChI=1S/C27H32N2O5/c1-26(2,15-23(30)29-27(24(31)32)13-7-8-14-27)17-28-25(33)34-16-22-20-11-5-3-9-18(20)19-10-4-6-12-21(19)22/h3-6,9-12,22H,7-8,13-17H2,1-2H3,(H,28,33)(H,29,30)(H,31,32). The first-order valence-electron chi connectivity index (χ1n) is 11.8. The molecule has 0 unspecified atom stereocenters. The van der Waals surface area contributed by atoms with Gasteiger partial charge >= 0.3 is 12.1 Å². The van der Waals surface area contributed by atoms with E-state index in [2.05, 4.69) is 34.9 Å². The van der Waals surface area contributed by atoms with Gasteiger partial charge in [-0.05, 0) is 40.5 Å². The number of alkyl carbamates (subject to hydrolysis) is 1. The number of benzene rings is 2. The first-order valence-corrected chi connectivity index (χ1v) is 11.8. The predicted octanol–water partition coefficient (Wildman–Crippen LogP) is 4.46. The van der Waals surface area contributed by atoms with Crippen molar-refractivity contribution in [1.82, 2.24) is 10.6 Å². The van der Waals surface area contributed by atoms with E-state index in [0.717, 1.165) is 24.0 Å². The second-order valence-corrected chi connectivity index (χ2v) is 10.2. The minimum absolute atomic E-state index is 0.0180. The van der Waals surface area contributed by atoms with Gasteiger partial charge in [-0.15, -0.1) is 0 Å². The van der Waals surface area contributed by atoms with Gasteiger partial charge in [0.25, 0.3) is 0 Å². The average Bonchev–Trinajstić information content (AvgIpc) is 3.40. The Morgan fingerprint density at radius 2 is 1.56 bits per heavy atom. The highest BCUT2D eigenvalue weighted by molar-refractivity contribution is 5.87. The van der Waals surface area contributed by atoms with Crippen LogP contribution in [0.2, 0.25) is 0 Å². The smallest absolute Gasteiger partial charge is 0.407 e. The van der Waals surface area contributed by atoms with Crippen molar-refractivity contribution in [3.05, 3.63) is 59.7 Å². The van der Waals surface area contributed by atoms with Crippen LogP contribution in [0.4, 0.5) is 4.79 Å². The number of carbonyl (C=O) groups is 3. The highest BCUT2D eigenvalue weighted by atomic mass is 16.5. The van der Waals surface area contributed by atoms with Crippen molar-refractivity contribution in [2.75, 3.05) is 13.2 Å². The Labute approximate surface area is 199 Å². The van der Waals surface area contributed by atoms with E-state index in [-0.39, 0.29) is 31.4 Å². The van der Waals surface area contributed by atoms with Crippen molar-refractivity contribution in [3.63, 3.8) is 0 Å². The van der Waals surface area contributed by atoms with E-state index >= 15 is 0 Å². The predicted molar refractivity (Wildman–Crippen MR) is 128 cm³/mol. The highest BCUT2D eigenvalue weighted by Gasteiger charge is 2.43. The Morgan fingerprint density at radius 3 is 2.12 bits per heavy atom. The number of carbonyl (C=O) groups excluding carboxylic acids is 2. The molecule has 180 valence electrons. The molecule has 2 amide bonds. The summed E-state index contributed by atoms with van der Waals surface area (Å²) >= 11 is 0. The summed E-state index contributed by atoms with van der Waals surface area (Å²) in [5, 5.41) is 15.1. The lowest BCUT2D eigenvalue weighted by Crippen LogP contribution is -2.53. The zero-order valence-electron chi connectivity index (χ0n) is 19.7. The molecule has 0 radical (unpaired) electrons. The van der Waals surface area contributed by atoms with Gasteiger partial charge < -0.3 is 20.5 Å².